The molecule has 1 aromatic carbocycles. The maximum Gasteiger partial charge on any atom is 0.0245 e. The van der Waals surface area contributed by atoms with E-state index in [9.17, 15) is 0 Å². The predicted octanol–water partition coefficient (Wildman–Crippen LogP) is 3.79. The standard InChI is InChI=1S/C16H25BrN2/c1-3-13-5-4-8-19(11-13)12-15-7-6-14(10-18-2)9-16(15)17/h6-7,9,13,18H,3-5,8,10-12H2,1-2H3. The van der Waals surface area contributed by atoms with Crippen molar-refractivity contribution in [2.45, 2.75) is 39.3 Å². The second-order valence-electron chi connectivity index (χ2n) is 5.61. The van der Waals surface area contributed by atoms with Crippen molar-refractivity contribution >= 4 is 15.9 Å². The smallest absolute Gasteiger partial charge is 0.0245 e. The number of benzene rings is 1. The van der Waals surface area contributed by atoms with E-state index in [2.05, 4.69) is 51.3 Å². The van der Waals surface area contributed by atoms with Gasteiger partial charge in [0.05, 0.1) is 0 Å². The van der Waals surface area contributed by atoms with Crippen LogP contribution in [0.15, 0.2) is 22.7 Å². The molecule has 1 aliphatic heterocycles. The van der Waals surface area contributed by atoms with Gasteiger partial charge in [-0.1, -0.05) is 41.4 Å². The lowest BCUT2D eigenvalue weighted by Gasteiger charge is -2.32. The molecule has 106 valence electrons. The number of rotatable bonds is 5. The van der Waals surface area contributed by atoms with Gasteiger partial charge in [0.1, 0.15) is 0 Å². The van der Waals surface area contributed by atoms with E-state index < -0.39 is 0 Å². The molecular formula is C16H25BrN2. The van der Waals surface area contributed by atoms with Crippen LogP contribution < -0.4 is 5.32 Å². The van der Waals surface area contributed by atoms with Gasteiger partial charge in [0.2, 0.25) is 0 Å². The highest BCUT2D eigenvalue weighted by atomic mass is 79.9. The van der Waals surface area contributed by atoms with Crippen LogP contribution in [0, 0.1) is 5.92 Å². The summed E-state index contributed by atoms with van der Waals surface area (Å²) in [6.07, 6.45) is 4.09. The van der Waals surface area contributed by atoms with Crippen LogP contribution in [-0.4, -0.2) is 25.0 Å². The van der Waals surface area contributed by atoms with Gasteiger partial charge in [-0.05, 0) is 49.5 Å². The van der Waals surface area contributed by atoms with Crippen molar-refractivity contribution in [3.05, 3.63) is 33.8 Å². The highest BCUT2D eigenvalue weighted by Crippen LogP contribution is 2.24. The number of hydrogen-bond donors (Lipinski definition) is 1. The molecule has 1 N–H and O–H groups in total. The van der Waals surface area contributed by atoms with Crippen molar-refractivity contribution in [2.75, 3.05) is 20.1 Å². The molecule has 19 heavy (non-hydrogen) atoms. The number of hydrogen-bond acceptors (Lipinski definition) is 2. The summed E-state index contributed by atoms with van der Waals surface area (Å²) >= 11 is 3.72. The molecule has 0 bridgehead atoms. The molecular weight excluding hydrogens is 300 g/mol. The van der Waals surface area contributed by atoms with Gasteiger partial charge in [-0.15, -0.1) is 0 Å². The average Bonchev–Trinajstić information content (AvgIpc) is 2.42. The predicted molar refractivity (Wildman–Crippen MR) is 85.2 cm³/mol. The largest absolute Gasteiger partial charge is 0.316 e. The van der Waals surface area contributed by atoms with Crippen LogP contribution in [0.25, 0.3) is 0 Å². The SMILES string of the molecule is CCC1CCCN(Cc2ccc(CNC)cc2Br)C1. The van der Waals surface area contributed by atoms with Gasteiger partial charge in [-0.2, -0.15) is 0 Å². The lowest BCUT2D eigenvalue weighted by atomic mass is 9.95. The lowest BCUT2D eigenvalue weighted by Crippen LogP contribution is -2.34. The fourth-order valence-corrected chi connectivity index (χ4v) is 3.45. The van der Waals surface area contributed by atoms with Gasteiger partial charge in [0, 0.05) is 24.1 Å². The van der Waals surface area contributed by atoms with E-state index in [1.807, 2.05) is 7.05 Å². The van der Waals surface area contributed by atoms with Gasteiger partial charge in [0.15, 0.2) is 0 Å². The minimum absolute atomic E-state index is 0.899. The number of halogens is 1. The van der Waals surface area contributed by atoms with Crippen LogP contribution in [0.4, 0.5) is 0 Å². The third-order valence-electron chi connectivity index (χ3n) is 4.07. The Bertz CT molecular complexity index is 406. The summed E-state index contributed by atoms with van der Waals surface area (Å²) in [7, 11) is 1.99. The molecule has 1 saturated heterocycles. The van der Waals surface area contributed by atoms with Gasteiger partial charge in [-0.3, -0.25) is 4.90 Å². The van der Waals surface area contributed by atoms with Crippen molar-refractivity contribution in [3.63, 3.8) is 0 Å². The van der Waals surface area contributed by atoms with Crippen LogP contribution in [0.3, 0.4) is 0 Å². The Kier molecular flexibility index (Phi) is 5.86. The van der Waals surface area contributed by atoms with Crippen molar-refractivity contribution in [1.29, 1.82) is 0 Å². The summed E-state index contributed by atoms with van der Waals surface area (Å²) in [6, 6.07) is 6.75. The first-order valence-corrected chi connectivity index (χ1v) is 8.16. The van der Waals surface area contributed by atoms with Crippen LogP contribution in [0.2, 0.25) is 0 Å². The second-order valence-corrected chi connectivity index (χ2v) is 6.46. The quantitative estimate of drug-likeness (QED) is 0.886. The van der Waals surface area contributed by atoms with Gasteiger partial charge in [-0.25, -0.2) is 0 Å². The highest BCUT2D eigenvalue weighted by Gasteiger charge is 2.18. The maximum absolute atomic E-state index is 3.72. The van der Waals surface area contributed by atoms with Gasteiger partial charge < -0.3 is 5.32 Å². The molecule has 2 nitrogen and oxygen atoms in total. The second kappa shape index (κ2) is 7.41. The Hall–Kier alpha value is -0.380. The number of nitrogens with zero attached hydrogens (tertiary/aromatic N) is 1. The van der Waals surface area contributed by atoms with Gasteiger partial charge >= 0.3 is 0 Å². The molecule has 1 aromatic rings. The zero-order valence-electron chi connectivity index (χ0n) is 12.1. The first-order valence-electron chi connectivity index (χ1n) is 7.37. The zero-order chi connectivity index (χ0) is 13.7. The third kappa shape index (κ3) is 4.30. The third-order valence-corrected chi connectivity index (χ3v) is 4.81. The summed E-state index contributed by atoms with van der Waals surface area (Å²) < 4.78 is 1.25. The highest BCUT2D eigenvalue weighted by molar-refractivity contribution is 9.10. The van der Waals surface area contributed by atoms with E-state index in [1.54, 1.807) is 0 Å². The molecule has 1 fully saturated rings. The van der Waals surface area contributed by atoms with E-state index in [1.165, 1.54) is 48.0 Å². The van der Waals surface area contributed by atoms with E-state index in [4.69, 9.17) is 0 Å². The molecule has 3 heteroatoms. The molecule has 1 aliphatic rings. The minimum Gasteiger partial charge on any atom is -0.316 e. The summed E-state index contributed by atoms with van der Waals surface area (Å²) in [6.45, 7) is 6.84. The van der Waals surface area contributed by atoms with Gasteiger partial charge in [0.25, 0.3) is 0 Å². The zero-order valence-corrected chi connectivity index (χ0v) is 13.7. The Morgan fingerprint density at radius 2 is 2.26 bits per heavy atom. The number of nitrogens with one attached hydrogen (secondary N) is 1. The molecule has 0 amide bonds. The first-order chi connectivity index (χ1) is 9.22. The number of likely N-dealkylation sites (tertiary alicyclic amines) is 1. The Labute approximate surface area is 125 Å². The van der Waals surface area contributed by atoms with E-state index in [0.717, 1.165) is 19.0 Å². The maximum atomic E-state index is 3.72. The van der Waals surface area contributed by atoms with Crippen LogP contribution in [0.1, 0.15) is 37.3 Å². The van der Waals surface area contributed by atoms with Crippen molar-refractivity contribution in [3.8, 4) is 0 Å². The minimum atomic E-state index is 0.899. The Morgan fingerprint density at radius 3 is 2.95 bits per heavy atom. The van der Waals surface area contributed by atoms with Crippen molar-refractivity contribution < 1.29 is 0 Å². The normalized spacial score (nSPS) is 20.7. The summed E-state index contributed by atoms with van der Waals surface area (Å²) in [5.74, 6) is 0.899. The molecule has 0 aromatic heterocycles. The fraction of sp³-hybridized carbons (Fsp3) is 0.625. The van der Waals surface area contributed by atoms with E-state index in [0.29, 0.717) is 0 Å². The molecule has 1 unspecified atom stereocenters. The Morgan fingerprint density at radius 1 is 1.42 bits per heavy atom. The molecule has 0 aliphatic carbocycles. The molecule has 0 saturated carbocycles. The summed E-state index contributed by atoms with van der Waals surface area (Å²) in [5, 5.41) is 3.19. The fourth-order valence-electron chi connectivity index (χ4n) is 2.90. The summed E-state index contributed by atoms with van der Waals surface area (Å²) in [5.41, 5.74) is 2.75. The van der Waals surface area contributed by atoms with Crippen molar-refractivity contribution in [1.82, 2.24) is 10.2 Å². The molecule has 0 spiro atoms. The number of piperidine rings is 1. The first kappa shape index (κ1) is 15.0. The molecule has 2 rings (SSSR count). The topological polar surface area (TPSA) is 15.3 Å². The monoisotopic (exact) mass is 324 g/mol. The average molecular weight is 325 g/mol. The molecule has 1 heterocycles. The Balaban J connectivity index is 1.98. The molecule has 0 radical (unpaired) electrons. The summed E-state index contributed by atoms with van der Waals surface area (Å²) in [4.78, 5) is 2.61. The van der Waals surface area contributed by atoms with Crippen LogP contribution in [-0.2, 0) is 13.1 Å². The van der Waals surface area contributed by atoms with E-state index >= 15 is 0 Å². The molecule has 1 atom stereocenters. The van der Waals surface area contributed by atoms with E-state index in [-0.39, 0.29) is 0 Å². The van der Waals surface area contributed by atoms with Crippen LogP contribution >= 0.6 is 15.9 Å². The van der Waals surface area contributed by atoms with Crippen LogP contribution in [0.5, 0.6) is 0 Å². The van der Waals surface area contributed by atoms with Crippen molar-refractivity contribution in [2.24, 2.45) is 5.92 Å². The lowest BCUT2D eigenvalue weighted by molar-refractivity contribution is 0.164.